The number of aromatic nitrogens is 2. The Bertz CT molecular complexity index is 955. The van der Waals surface area contributed by atoms with Gasteiger partial charge in [-0.2, -0.15) is 0 Å². The van der Waals surface area contributed by atoms with Crippen molar-refractivity contribution in [1.29, 1.82) is 0 Å². The minimum Gasteiger partial charge on any atom is -0.331 e. The largest absolute Gasteiger partial charge is 0.331 e. The Morgan fingerprint density at radius 3 is 2.56 bits per heavy atom. The van der Waals surface area contributed by atoms with Gasteiger partial charge in [0.15, 0.2) is 12.8 Å². The molecule has 0 amide bonds. The lowest BCUT2D eigenvalue weighted by molar-refractivity contribution is -0.696. The molecular weight excluding hydrogens is 389 g/mol. The van der Waals surface area contributed by atoms with Crippen LogP contribution in [0.3, 0.4) is 0 Å². The van der Waals surface area contributed by atoms with Crippen LogP contribution in [-0.4, -0.2) is 9.65 Å². The first-order valence-corrected chi connectivity index (χ1v) is 9.13. The van der Waals surface area contributed by atoms with Crippen molar-refractivity contribution in [3.8, 4) is 0 Å². The van der Waals surface area contributed by atoms with Gasteiger partial charge in [-0.05, 0) is 34.6 Å². The molecule has 6 nitrogen and oxygen atoms in total. The number of rotatable bonds is 7. The summed E-state index contributed by atoms with van der Waals surface area (Å²) in [7, 11) is 0. The van der Waals surface area contributed by atoms with Crippen LogP contribution in [0.1, 0.15) is 23.9 Å². The van der Waals surface area contributed by atoms with Crippen molar-refractivity contribution >= 4 is 28.9 Å². The maximum atomic E-state index is 10.8. The van der Waals surface area contributed by atoms with Crippen LogP contribution in [-0.2, 0) is 19.6 Å². The number of benzene rings is 2. The Balaban J connectivity index is 1.73. The van der Waals surface area contributed by atoms with Gasteiger partial charge in [0.05, 0.1) is 11.3 Å². The minimum atomic E-state index is -0.402. The molecule has 140 valence electrons. The van der Waals surface area contributed by atoms with Gasteiger partial charge in [-0.1, -0.05) is 36.2 Å². The SMILES string of the molecule is CCc1n(OCc2ccc(Cl)cc2Cl)cc[n+]1Cc1ccc([N+](=O)[O-])cc1. The first-order valence-electron chi connectivity index (χ1n) is 8.38. The van der Waals surface area contributed by atoms with Gasteiger partial charge in [-0.15, -0.1) is 0 Å². The highest BCUT2D eigenvalue weighted by Gasteiger charge is 2.18. The van der Waals surface area contributed by atoms with E-state index in [4.69, 9.17) is 28.0 Å². The van der Waals surface area contributed by atoms with Crippen LogP contribution >= 0.6 is 23.2 Å². The molecule has 0 fully saturated rings. The molecule has 0 bridgehead atoms. The molecule has 0 atom stereocenters. The van der Waals surface area contributed by atoms with Crippen molar-refractivity contribution in [2.75, 3.05) is 0 Å². The van der Waals surface area contributed by atoms with E-state index in [0.29, 0.717) is 23.2 Å². The molecule has 0 aliphatic rings. The number of non-ortho nitro benzene ring substituents is 1. The average Bonchev–Trinajstić information content (AvgIpc) is 3.03. The summed E-state index contributed by atoms with van der Waals surface area (Å²) in [4.78, 5) is 16.3. The fourth-order valence-corrected chi connectivity index (χ4v) is 3.22. The van der Waals surface area contributed by atoms with Crippen LogP contribution < -0.4 is 9.40 Å². The summed E-state index contributed by atoms with van der Waals surface area (Å²) < 4.78 is 3.76. The number of nitro groups is 1. The number of halogens is 2. The van der Waals surface area contributed by atoms with Crippen LogP contribution in [0.4, 0.5) is 5.69 Å². The molecule has 0 aliphatic carbocycles. The number of hydrogen-bond acceptors (Lipinski definition) is 3. The molecule has 0 aliphatic heterocycles. The summed E-state index contributed by atoms with van der Waals surface area (Å²) >= 11 is 12.1. The summed E-state index contributed by atoms with van der Waals surface area (Å²) in [5.74, 6) is 0.971. The minimum absolute atomic E-state index is 0.0835. The van der Waals surface area contributed by atoms with Crippen molar-refractivity contribution in [1.82, 2.24) is 4.73 Å². The highest BCUT2D eigenvalue weighted by atomic mass is 35.5. The summed E-state index contributed by atoms with van der Waals surface area (Å²) in [5, 5.41) is 11.9. The molecule has 27 heavy (non-hydrogen) atoms. The van der Waals surface area contributed by atoms with Crippen LogP contribution in [0.5, 0.6) is 0 Å². The second-order valence-electron chi connectivity index (χ2n) is 5.95. The summed E-state index contributed by atoms with van der Waals surface area (Å²) in [6.07, 6.45) is 4.52. The van der Waals surface area contributed by atoms with Gasteiger partial charge in [0.1, 0.15) is 12.7 Å². The predicted octanol–water partition coefficient (Wildman–Crippen LogP) is 4.23. The van der Waals surface area contributed by atoms with Gasteiger partial charge in [-0.25, -0.2) is 4.57 Å². The Morgan fingerprint density at radius 1 is 1.19 bits per heavy atom. The molecule has 3 rings (SSSR count). The zero-order valence-electron chi connectivity index (χ0n) is 14.6. The van der Waals surface area contributed by atoms with Gasteiger partial charge in [-0.3, -0.25) is 10.1 Å². The van der Waals surface area contributed by atoms with Crippen molar-refractivity contribution in [3.63, 3.8) is 0 Å². The molecular formula is C19H18Cl2N3O3+. The number of imidazole rings is 1. The third-order valence-corrected chi connectivity index (χ3v) is 4.75. The molecule has 0 N–H and O–H groups in total. The van der Waals surface area contributed by atoms with E-state index < -0.39 is 4.92 Å². The quantitative estimate of drug-likeness (QED) is 0.335. The van der Waals surface area contributed by atoms with E-state index in [1.807, 2.05) is 30.0 Å². The van der Waals surface area contributed by atoms with Gasteiger partial charge < -0.3 is 4.84 Å². The molecule has 0 unspecified atom stereocenters. The maximum Gasteiger partial charge on any atom is 0.296 e. The van der Waals surface area contributed by atoms with Crippen LogP contribution in [0.25, 0.3) is 0 Å². The van der Waals surface area contributed by atoms with E-state index in [-0.39, 0.29) is 5.69 Å². The molecule has 0 radical (unpaired) electrons. The number of nitro benzene ring substituents is 1. The summed E-state index contributed by atoms with van der Waals surface area (Å²) in [6, 6.07) is 11.8. The van der Waals surface area contributed by atoms with Crippen molar-refractivity contribution in [2.24, 2.45) is 0 Å². The fraction of sp³-hybridized carbons (Fsp3) is 0.211. The molecule has 8 heteroatoms. The van der Waals surface area contributed by atoms with E-state index in [9.17, 15) is 10.1 Å². The van der Waals surface area contributed by atoms with Crippen LogP contribution in [0.15, 0.2) is 54.9 Å². The Hall–Kier alpha value is -2.57. The predicted molar refractivity (Wildman–Crippen MR) is 103 cm³/mol. The molecule has 1 heterocycles. The van der Waals surface area contributed by atoms with E-state index in [0.717, 1.165) is 23.4 Å². The van der Waals surface area contributed by atoms with Crippen LogP contribution in [0.2, 0.25) is 10.0 Å². The molecule has 0 spiro atoms. The second kappa shape index (κ2) is 8.41. The average molecular weight is 407 g/mol. The van der Waals surface area contributed by atoms with Gasteiger partial charge in [0.2, 0.25) is 0 Å². The Kier molecular flexibility index (Phi) is 5.98. The van der Waals surface area contributed by atoms with Gasteiger partial charge >= 0.3 is 0 Å². The van der Waals surface area contributed by atoms with Crippen LogP contribution in [0, 0.1) is 10.1 Å². The Morgan fingerprint density at radius 2 is 1.93 bits per heavy atom. The van der Waals surface area contributed by atoms with E-state index in [2.05, 4.69) is 0 Å². The first kappa shape index (κ1) is 19.2. The lowest BCUT2D eigenvalue weighted by Gasteiger charge is -2.06. The molecule has 0 saturated carbocycles. The monoisotopic (exact) mass is 406 g/mol. The number of hydrogen-bond donors (Lipinski definition) is 0. The third kappa shape index (κ3) is 4.59. The zero-order chi connectivity index (χ0) is 19.4. The third-order valence-electron chi connectivity index (χ3n) is 4.16. The summed E-state index contributed by atoms with van der Waals surface area (Å²) in [6.45, 7) is 2.95. The molecule has 2 aromatic carbocycles. The zero-order valence-corrected chi connectivity index (χ0v) is 16.2. The molecule has 1 aromatic heterocycles. The maximum absolute atomic E-state index is 10.8. The topological polar surface area (TPSA) is 61.2 Å². The van der Waals surface area contributed by atoms with Gasteiger partial charge in [0, 0.05) is 27.7 Å². The standard InChI is InChI=1S/C19H18Cl2N3O3/c1-2-19-22(12-14-3-7-17(8-4-14)24(25)26)9-10-23(19)27-13-15-5-6-16(20)11-18(15)21/h3-11H,2,12-13H2,1H3/q+1. The smallest absolute Gasteiger partial charge is 0.296 e. The highest BCUT2D eigenvalue weighted by molar-refractivity contribution is 6.35. The van der Waals surface area contributed by atoms with Gasteiger partial charge in [0.25, 0.3) is 11.5 Å². The van der Waals surface area contributed by atoms with E-state index >= 15 is 0 Å². The molecule has 3 aromatic rings. The molecule has 0 saturated heterocycles. The fourth-order valence-electron chi connectivity index (χ4n) is 2.76. The lowest BCUT2D eigenvalue weighted by Crippen LogP contribution is -2.38. The second-order valence-corrected chi connectivity index (χ2v) is 6.80. The Labute approximate surface area is 166 Å². The first-order chi connectivity index (χ1) is 13.0. The van der Waals surface area contributed by atoms with E-state index in [1.54, 1.807) is 29.0 Å². The van der Waals surface area contributed by atoms with E-state index in [1.165, 1.54) is 12.1 Å². The highest BCUT2D eigenvalue weighted by Crippen LogP contribution is 2.21. The normalized spacial score (nSPS) is 10.8. The lowest BCUT2D eigenvalue weighted by atomic mass is 10.2. The number of nitrogens with zero attached hydrogens (tertiary/aromatic N) is 3. The van der Waals surface area contributed by atoms with Crippen molar-refractivity contribution in [2.45, 2.75) is 26.5 Å². The van der Waals surface area contributed by atoms with Crippen molar-refractivity contribution in [3.05, 3.63) is 92.0 Å². The van der Waals surface area contributed by atoms with Crippen molar-refractivity contribution < 1.29 is 14.3 Å². The summed E-state index contributed by atoms with van der Waals surface area (Å²) in [5.41, 5.74) is 1.90.